The van der Waals surface area contributed by atoms with Gasteiger partial charge in [-0.2, -0.15) is 5.10 Å². The summed E-state index contributed by atoms with van der Waals surface area (Å²) >= 11 is 11.9. The van der Waals surface area contributed by atoms with Crippen LogP contribution >= 0.6 is 23.2 Å². The van der Waals surface area contributed by atoms with E-state index in [1.807, 2.05) is 36.4 Å². The Morgan fingerprint density at radius 2 is 1.85 bits per heavy atom. The Morgan fingerprint density at radius 3 is 2.62 bits per heavy atom. The maximum absolute atomic E-state index is 11.8. The number of nitrogens with one attached hydrogen (secondary N) is 2. The highest BCUT2D eigenvalue weighted by Gasteiger charge is 2.06. The third-order valence-electron chi connectivity index (χ3n) is 3.44. The van der Waals surface area contributed by atoms with E-state index >= 15 is 0 Å². The fourth-order valence-electron chi connectivity index (χ4n) is 2.17. The molecule has 0 fully saturated rings. The van der Waals surface area contributed by atoms with Crippen molar-refractivity contribution in [3.8, 4) is 11.3 Å². The van der Waals surface area contributed by atoms with Gasteiger partial charge in [-0.05, 0) is 42.5 Å². The van der Waals surface area contributed by atoms with Gasteiger partial charge in [0, 0.05) is 11.3 Å². The van der Waals surface area contributed by atoms with Gasteiger partial charge in [-0.25, -0.2) is 5.43 Å². The van der Waals surface area contributed by atoms with Gasteiger partial charge in [-0.15, -0.1) is 0 Å². The number of para-hydroxylation sites is 1. The minimum absolute atomic E-state index is 0.119. The first kappa shape index (κ1) is 18.0. The molecule has 1 amide bonds. The maximum atomic E-state index is 11.8. The lowest BCUT2D eigenvalue weighted by Crippen LogP contribution is -2.25. The van der Waals surface area contributed by atoms with Crippen molar-refractivity contribution >= 4 is 41.0 Å². The molecule has 2 N–H and O–H groups in total. The highest BCUT2D eigenvalue weighted by atomic mass is 35.5. The van der Waals surface area contributed by atoms with Crippen LogP contribution in [-0.2, 0) is 4.79 Å². The quantitative estimate of drug-likeness (QED) is 0.470. The van der Waals surface area contributed by atoms with Gasteiger partial charge in [0.05, 0.1) is 22.8 Å². The van der Waals surface area contributed by atoms with Crippen LogP contribution in [0.4, 0.5) is 5.69 Å². The van der Waals surface area contributed by atoms with Gasteiger partial charge >= 0.3 is 0 Å². The fraction of sp³-hybridized carbons (Fsp3) is 0.0526. The number of rotatable bonds is 6. The first-order valence-electron chi connectivity index (χ1n) is 7.78. The Labute approximate surface area is 160 Å². The van der Waals surface area contributed by atoms with E-state index in [1.165, 1.54) is 6.21 Å². The molecule has 0 aliphatic heterocycles. The van der Waals surface area contributed by atoms with Gasteiger partial charge in [-0.3, -0.25) is 4.79 Å². The van der Waals surface area contributed by atoms with Crippen molar-refractivity contribution in [3.05, 3.63) is 76.5 Å². The number of nitrogens with zero attached hydrogens (tertiary/aromatic N) is 1. The topological polar surface area (TPSA) is 66.6 Å². The monoisotopic (exact) mass is 387 g/mol. The molecule has 0 aliphatic rings. The Bertz CT molecular complexity index is 924. The van der Waals surface area contributed by atoms with E-state index in [2.05, 4.69) is 15.8 Å². The Balaban J connectivity index is 1.53. The number of hydrogen-bond donors (Lipinski definition) is 2. The maximum Gasteiger partial charge on any atom is 0.259 e. The second kappa shape index (κ2) is 8.56. The van der Waals surface area contributed by atoms with E-state index < -0.39 is 0 Å². The number of benzene rings is 2. The average Bonchev–Trinajstić information content (AvgIpc) is 3.12. The number of hydrazone groups is 1. The summed E-state index contributed by atoms with van der Waals surface area (Å²) in [4.78, 5) is 11.8. The molecule has 3 rings (SSSR count). The average molecular weight is 388 g/mol. The highest BCUT2D eigenvalue weighted by molar-refractivity contribution is 6.42. The van der Waals surface area contributed by atoms with Crippen LogP contribution in [-0.4, -0.2) is 18.7 Å². The Kier molecular flexibility index (Phi) is 5.94. The van der Waals surface area contributed by atoms with E-state index in [9.17, 15) is 4.79 Å². The summed E-state index contributed by atoms with van der Waals surface area (Å²) in [6, 6.07) is 18.2. The second-order valence-electron chi connectivity index (χ2n) is 5.34. The summed E-state index contributed by atoms with van der Waals surface area (Å²) in [6.45, 7) is 0.119. The lowest BCUT2D eigenvalue weighted by atomic mass is 10.2. The van der Waals surface area contributed by atoms with Crippen LogP contribution in [0.1, 0.15) is 5.76 Å². The van der Waals surface area contributed by atoms with Crippen LogP contribution in [0, 0.1) is 0 Å². The van der Waals surface area contributed by atoms with E-state index in [-0.39, 0.29) is 12.5 Å². The molecule has 3 aromatic rings. The predicted molar refractivity (Wildman–Crippen MR) is 105 cm³/mol. The molecule has 0 bridgehead atoms. The number of carbonyl (C=O) groups excluding carboxylic acids is 1. The minimum Gasteiger partial charge on any atom is -0.455 e. The Hall–Kier alpha value is -2.76. The number of carbonyl (C=O) groups is 1. The van der Waals surface area contributed by atoms with Crippen LogP contribution in [0.25, 0.3) is 11.3 Å². The molecule has 1 aromatic heterocycles. The molecule has 0 spiro atoms. The molecule has 1 heterocycles. The van der Waals surface area contributed by atoms with Gasteiger partial charge in [0.25, 0.3) is 5.91 Å². The van der Waals surface area contributed by atoms with Crippen molar-refractivity contribution in [2.45, 2.75) is 0 Å². The predicted octanol–water partition coefficient (Wildman–Crippen LogP) is 4.82. The van der Waals surface area contributed by atoms with Crippen molar-refractivity contribution in [3.63, 3.8) is 0 Å². The SMILES string of the molecule is O=C(CNc1ccccc1)N/N=C/c1ccc(-c2ccc(Cl)c(Cl)c2)o1. The molecule has 5 nitrogen and oxygen atoms in total. The molecule has 0 saturated heterocycles. The summed E-state index contributed by atoms with van der Waals surface area (Å²) in [6.07, 6.45) is 1.43. The molecule has 7 heteroatoms. The van der Waals surface area contributed by atoms with E-state index in [0.717, 1.165) is 11.3 Å². The first-order chi connectivity index (χ1) is 12.6. The van der Waals surface area contributed by atoms with Crippen LogP contribution in [0.15, 0.2) is 70.2 Å². The molecule has 132 valence electrons. The van der Waals surface area contributed by atoms with Gasteiger partial charge in [0.1, 0.15) is 11.5 Å². The zero-order valence-corrected chi connectivity index (χ0v) is 15.1. The van der Waals surface area contributed by atoms with Crippen molar-refractivity contribution in [1.82, 2.24) is 5.43 Å². The molecule has 0 unspecified atom stereocenters. The molecule has 0 aliphatic carbocycles. The van der Waals surface area contributed by atoms with Gasteiger partial charge in [-0.1, -0.05) is 41.4 Å². The van der Waals surface area contributed by atoms with E-state index in [1.54, 1.807) is 24.3 Å². The lowest BCUT2D eigenvalue weighted by Gasteiger charge is -2.04. The van der Waals surface area contributed by atoms with Crippen molar-refractivity contribution in [2.75, 3.05) is 11.9 Å². The largest absolute Gasteiger partial charge is 0.455 e. The molecular weight excluding hydrogens is 373 g/mol. The van der Waals surface area contributed by atoms with Crippen molar-refractivity contribution in [2.24, 2.45) is 5.10 Å². The number of anilines is 1. The molecule has 2 aromatic carbocycles. The Morgan fingerprint density at radius 1 is 1.04 bits per heavy atom. The molecular formula is C19H15Cl2N3O2. The van der Waals surface area contributed by atoms with E-state index in [4.69, 9.17) is 27.6 Å². The summed E-state index contributed by atoms with van der Waals surface area (Å²) in [5, 5.41) is 7.82. The third kappa shape index (κ3) is 4.88. The molecule has 0 saturated carbocycles. The standard InChI is InChI=1S/C19H15Cl2N3O2/c20-16-8-6-13(10-17(16)21)18-9-7-15(26-18)11-23-24-19(25)12-22-14-4-2-1-3-5-14/h1-11,22H,12H2,(H,24,25)/b23-11+. The number of hydrogen-bond acceptors (Lipinski definition) is 4. The van der Waals surface area contributed by atoms with Gasteiger partial charge in [0.15, 0.2) is 0 Å². The van der Waals surface area contributed by atoms with Crippen molar-refractivity contribution < 1.29 is 9.21 Å². The van der Waals surface area contributed by atoms with Crippen molar-refractivity contribution in [1.29, 1.82) is 0 Å². The molecule has 26 heavy (non-hydrogen) atoms. The second-order valence-corrected chi connectivity index (χ2v) is 6.16. The highest BCUT2D eigenvalue weighted by Crippen LogP contribution is 2.29. The minimum atomic E-state index is -0.263. The normalized spacial score (nSPS) is 10.8. The fourth-order valence-corrected chi connectivity index (χ4v) is 2.47. The summed E-state index contributed by atoms with van der Waals surface area (Å²) < 4.78 is 5.66. The summed E-state index contributed by atoms with van der Waals surface area (Å²) in [5.74, 6) is 0.867. The third-order valence-corrected chi connectivity index (χ3v) is 4.18. The first-order valence-corrected chi connectivity index (χ1v) is 8.53. The van der Waals surface area contributed by atoms with E-state index in [0.29, 0.717) is 21.6 Å². The summed E-state index contributed by atoms with van der Waals surface area (Å²) in [7, 11) is 0. The zero-order valence-electron chi connectivity index (χ0n) is 13.6. The van der Waals surface area contributed by atoms with Gasteiger partial charge < -0.3 is 9.73 Å². The lowest BCUT2D eigenvalue weighted by molar-refractivity contribution is -0.119. The number of furan rings is 1. The van der Waals surface area contributed by atoms with Crippen LogP contribution in [0.3, 0.4) is 0 Å². The zero-order chi connectivity index (χ0) is 18.4. The van der Waals surface area contributed by atoms with Crippen LogP contribution < -0.4 is 10.7 Å². The van der Waals surface area contributed by atoms with Crippen LogP contribution in [0.5, 0.6) is 0 Å². The molecule has 0 radical (unpaired) electrons. The van der Waals surface area contributed by atoms with Crippen LogP contribution in [0.2, 0.25) is 10.0 Å². The van der Waals surface area contributed by atoms with Gasteiger partial charge in [0.2, 0.25) is 0 Å². The number of halogens is 2. The summed E-state index contributed by atoms with van der Waals surface area (Å²) in [5.41, 5.74) is 4.10. The smallest absolute Gasteiger partial charge is 0.259 e. The number of amides is 1. The molecule has 0 atom stereocenters.